The van der Waals surface area contributed by atoms with Gasteiger partial charge in [-0.25, -0.2) is 9.19 Å². The van der Waals surface area contributed by atoms with Crippen LogP contribution in [0.4, 0.5) is 13.9 Å². The maximum absolute atomic E-state index is 13.7. The highest BCUT2D eigenvalue weighted by Gasteiger charge is 2.30. The van der Waals surface area contributed by atoms with Crippen molar-refractivity contribution in [2.45, 2.75) is 31.4 Å². The Kier molecular flexibility index (Phi) is 5.85. The molecule has 148 valence electrons. The van der Waals surface area contributed by atoms with Crippen molar-refractivity contribution in [1.82, 2.24) is 15.0 Å². The van der Waals surface area contributed by atoms with Crippen molar-refractivity contribution in [3.8, 4) is 11.3 Å². The molecular formula is C19H20F2N4OS2. The van der Waals surface area contributed by atoms with E-state index in [1.165, 1.54) is 42.8 Å². The summed E-state index contributed by atoms with van der Waals surface area (Å²) < 4.78 is 45.0. The van der Waals surface area contributed by atoms with Gasteiger partial charge in [-0.05, 0) is 30.7 Å². The Labute approximate surface area is 167 Å². The Morgan fingerprint density at radius 2 is 2.07 bits per heavy atom. The molecule has 0 saturated carbocycles. The quantitative estimate of drug-likeness (QED) is 0.519. The van der Waals surface area contributed by atoms with Crippen LogP contribution in [0, 0.1) is 0 Å². The van der Waals surface area contributed by atoms with Crippen LogP contribution in [-0.2, 0) is 15.7 Å². The fourth-order valence-corrected chi connectivity index (χ4v) is 4.81. The van der Waals surface area contributed by atoms with Crippen molar-refractivity contribution in [2.75, 3.05) is 6.26 Å². The summed E-state index contributed by atoms with van der Waals surface area (Å²) in [5.41, 5.74) is 1.88. The van der Waals surface area contributed by atoms with E-state index in [1.807, 2.05) is 17.5 Å². The zero-order chi connectivity index (χ0) is 20.4. The van der Waals surface area contributed by atoms with Gasteiger partial charge in [-0.1, -0.05) is 13.0 Å². The SMILES string of the molecule is CCC(F)(F)c1ccc(C(C)S(C)(=O)=Nc2nc(-c3cccnc3)cs2)cn1. The van der Waals surface area contributed by atoms with Crippen LogP contribution in [0.25, 0.3) is 11.3 Å². The van der Waals surface area contributed by atoms with Crippen LogP contribution in [0.3, 0.4) is 0 Å². The molecule has 5 nitrogen and oxygen atoms in total. The minimum absolute atomic E-state index is 0.286. The number of aromatic nitrogens is 3. The van der Waals surface area contributed by atoms with E-state index in [4.69, 9.17) is 0 Å². The molecule has 0 aliphatic heterocycles. The molecule has 2 atom stereocenters. The number of hydrogen-bond acceptors (Lipinski definition) is 6. The van der Waals surface area contributed by atoms with Crippen LogP contribution < -0.4 is 0 Å². The molecule has 3 rings (SSSR count). The first-order valence-corrected chi connectivity index (χ1v) is 11.5. The molecule has 0 saturated heterocycles. The van der Waals surface area contributed by atoms with Crippen LogP contribution in [0.2, 0.25) is 0 Å². The van der Waals surface area contributed by atoms with Crippen molar-refractivity contribution < 1.29 is 13.0 Å². The lowest BCUT2D eigenvalue weighted by atomic mass is 10.1. The fourth-order valence-electron chi connectivity index (χ4n) is 2.48. The van der Waals surface area contributed by atoms with E-state index < -0.39 is 20.9 Å². The van der Waals surface area contributed by atoms with Crippen molar-refractivity contribution in [3.63, 3.8) is 0 Å². The number of rotatable bonds is 6. The third-order valence-electron chi connectivity index (χ3n) is 4.44. The standard InChI is InChI=1S/C19H20F2N4OS2/c1-4-19(20,21)17-8-7-14(11-23-17)13(2)28(3,26)25-18-24-16(12-27-18)15-6-5-9-22-10-15/h5-13H,4H2,1-3H3. The molecule has 3 aromatic heterocycles. The molecule has 0 bridgehead atoms. The maximum atomic E-state index is 13.7. The first-order valence-electron chi connectivity index (χ1n) is 8.64. The normalized spacial score (nSPS) is 15.0. The second-order valence-corrected chi connectivity index (χ2v) is 9.83. The largest absolute Gasteiger partial charge is 0.289 e. The van der Waals surface area contributed by atoms with Crippen LogP contribution in [0.1, 0.15) is 36.8 Å². The number of nitrogens with zero attached hydrogens (tertiary/aromatic N) is 4. The lowest BCUT2D eigenvalue weighted by Gasteiger charge is -2.16. The van der Waals surface area contributed by atoms with E-state index in [-0.39, 0.29) is 12.1 Å². The monoisotopic (exact) mass is 422 g/mol. The third kappa shape index (κ3) is 4.41. The molecule has 0 amide bonds. The van der Waals surface area contributed by atoms with E-state index in [9.17, 15) is 13.0 Å². The summed E-state index contributed by atoms with van der Waals surface area (Å²) in [5, 5.41) is 1.74. The van der Waals surface area contributed by atoms with Gasteiger partial charge in [-0.2, -0.15) is 13.1 Å². The second kappa shape index (κ2) is 8.00. The fraction of sp³-hybridized carbons (Fsp3) is 0.316. The zero-order valence-electron chi connectivity index (χ0n) is 15.7. The van der Waals surface area contributed by atoms with Crippen LogP contribution >= 0.6 is 11.3 Å². The van der Waals surface area contributed by atoms with Gasteiger partial charge in [0.2, 0.25) is 5.13 Å². The molecule has 0 aliphatic carbocycles. The average Bonchev–Trinajstić information content (AvgIpc) is 3.16. The summed E-state index contributed by atoms with van der Waals surface area (Å²) >= 11 is 1.29. The number of pyridine rings is 2. The predicted molar refractivity (Wildman–Crippen MR) is 108 cm³/mol. The zero-order valence-corrected chi connectivity index (χ0v) is 17.3. The summed E-state index contributed by atoms with van der Waals surface area (Å²) in [5.74, 6) is -2.97. The second-order valence-electron chi connectivity index (χ2n) is 6.39. The average molecular weight is 423 g/mol. The lowest BCUT2D eigenvalue weighted by molar-refractivity contribution is -0.0128. The molecule has 0 aliphatic rings. The molecule has 28 heavy (non-hydrogen) atoms. The van der Waals surface area contributed by atoms with Crippen LogP contribution in [0.15, 0.2) is 52.6 Å². The van der Waals surface area contributed by atoms with Gasteiger partial charge in [0.15, 0.2) is 0 Å². The number of thiazole rings is 1. The van der Waals surface area contributed by atoms with Gasteiger partial charge in [-0.3, -0.25) is 9.97 Å². The summed E-state index contributed by atoms with van der Waals surface area (Å²) in [6.07, 6.45) is 5.95. The number of hydrogen-bond donors (Lipinski definition) is 0. The van der Waals surface area contributed by atoms with Crippen molar-refractivity contribution in [2.24, 2.45) is 4.36 Å². The van der Waals surface area contributed by atoms with Crippen molar-refractivity contribution >= 4 is 26.2 Å². The predicted octanol–water partition coefficient (Wildman–Crippen LogP) is 5.59. The van der Waals surface area contributed by atoms with Crippen molar-refractivity contribution in [1.29, 1.82) is 0 Å². The smallest absolute Gasteiger partial charge is 0.264 e. The summed E-state index contributed by atoms with van der Waals surface area (Å²) in [4.78, 5) is 12.3. The van der Waals surface area contributed by atoms with Crippen molar-refractivity contribution in [3.05, 3.63) is 59.5 Å². The van der Waals surface area contributed by atoms with E-state index in [0.717, 1.165) is 5.56 Å². The van der Waals surface area contributed by atoms with E-state index >= 15 is 0 Å². The first-order chi connectivity index (χ1) is 13.2. The molecule has 3 heterocycles. The van der Waals surface area contributed by atoms with Gasteiger partial charge in [0, 0.05) is 42.2 Å². The molecule has 0 radical (unpaired) electrons. The van der Waals surface area contributed by atoms with Crippen LogP contribution in [0.5, 0.6) is 0 Å². The topological polar surface area (TPSA) is 68.1 Å². The minimum atomic E-state index is -2.97. The highest BCUT2D eigenvalue weighted by molar-refractivity contribution is 7.93. The van der Waals surface area contributed by atoms with Gasteiger partial charge in [0.1, 0.15) is 5.69 Å². The highest BCUT2D eigenvalue weighted by atomic mass is 32.2. The first kappa shape index (κ1) is 20.5. The van der Waals surface area contributed by atoms with Gasteiger partial charge in [0.05, 0.1) is 20.7 Å². The molecule has 0 fully saturated rings. The summed E-state index contributed by atoms with van der Waals surface area (Å²) in [6.45, 7) is 3.15. The van der Waals surface area contributed by atoms with Gasteiger partial charge in [0.25, 0.3) is 5.92 Å². The minimum Gasteiger partial charge on any atom is -0.264 e. The molecule has 2 unspecified atom stereocenters. The van der Waals surface area contributed by atoms with Gasteiger partial charge >= 0.3 is 0 Å². The summed E-state index contributed by atoms with van der Waals surface area (Å²) in [7, 11) is -2.71. The molecule has 9 heteroatoms. The third-order valence-corrected chi connectivity index (χ3v) is 7.41. The van der Waals surface area contributed by atoms with E-state index in [2.05, 4.69) is 19.3 Å². The highest BCUT2D eigenvalue weighted by Crippen LogP contribution is 2.33. The van der Waals surface area contributed by atoms with Gasteiger partial charge < -0.3 is 0 Å². The molecular weight excluding hydrogens is 402 g/mol. The Balaban J connectivity index is 1.86. The lowest BCUT2D eigenvalue weighted by Crippen LogP contribution is -2.14. The summed E-state index contributed by atoms with van der Waals surface area (Å²) in [6, 6.07) is 6.53. The molecule has 3 aromatic rings. The molecule has 0 N–H and O–H groups in total. The molecule has 0 spiro atoms. The Morgan fingerprint density at radius 3 is 2.68 bits per heavy atom. The number of alkyl halides is 2. The van der Waals surface area contributed by atoms with Crippen LogP contribution in [-0.4, -0.2) is 25.4 Å². The Morgan fingerprint density at radius 1 is 1.29 bits per heavy atom. The Bertz CT molecular complexity index is 1060. The van der Waals surface area contributed by atoms with E-state index in [0.29, 0.717) is 16.4 Å². The maximum Gasteiger partial charge on any atom is 0.289 e. The molecule has 0 aromatic carbocycles. The van der Waals surface area contributed by atoms with E-state index in [1.54, 1.807) is 19.3 Å². The van der Waals surface area contributed by atoms with Gasteiger partial charge in [-0.15, -0.1) is 11.3 Å². The Hall–Kier alpha value is -2.26. The number of halogens is 2.